The maximum atomic E-state index is 13.2. The highest BCUT2D eigenvalue weighted by Gasteiger charge is 2.28. The molecule has 1 aromatic carbocycles. The summed E-state index contributed by atoms with van der Waals surface area (Å²) in [5.41, 5.74) is 1.69. The number of methoxy groups -OCH3 is 2. The summed E-state index contributed by atoms with van der Waals surface area (Å²) in [6.07, 6.45) is 1.60. The van der Waals surface area contributed by atoms with Crippen molar-refractivity contribution in [2.24, 2.45) is 0 Å². The predicted octanol–water partition coefficient (Wildman–Crippen LogP) is 3.29. The normalized spacial score (nSPS) is 10.3. The van der Waals surface area contributed by atoms with Gasteiger partial charge in [0.2, 0.25) is 0 Å². The number of anilines is 1. The van der Waals surface area contributed by atoms with E-state index in [1.165, 1.54) is 32.4 Å². The first kappa shape index (κ1) is 24.4. The largest absolute Gasteiger partial charge is 0.465 e. The van der Waals surface area contributed by atoms with Gasteiger partial charge in [-0.15, -0.1) is 6.58 Å². The molecule has 1 aromatic heterocycles. The van der Waals surface area contributed by atoms with E-state index in [1.807, 2.05) is 0 Å². The Bertz CT molecular complexity index is 1080. The van der Waals surface area contributed by atoms with Gasteiger partial charge in [-0.3, -0.25) is 4.79 Å². The molecule has 2 aromatic rings. The van der Waals surface area contributed by atoms with Crippen molar-refractivity contribution < 1.29 is 33.4 Å². The maximum Gasteiger partial charge on any atom is 0.355 e. The Hall–Kier alpha value is -3.88. The van der Waals surface area contributed by atoms with Crippen molar-refractivity contribution >= 4 is 29.5 Å². The van der Waals surface area contributed by atoms with Crippen LogP contribution in [0.1, 0.15) is 59.7 Å². The van der Waals surface area contributed by atoms with E-state index in [-0.39, 0.29) is 34.7 Å². The highest BCUT2D eigenvalue weighted by atomic mass is 16.5. The van der Waals surface area contributed by atoms with Crippen molar-refractivity contribution in [1.29, 1.82) is 0 Å². The number of hydrogen-bond acceptors (Lipinski definition) is 7. The lowest BCUT2D eigenvalue weighted by molar-refractivity contribution is 0.0511. The van der Waals surface area contributed by atoms with E-state index in [0.717, 1.165) is 0 Å². The van der Waals surface area contributed by atoms with Gasteiger partial charge in [0.15, 0.2) is 0 Å². The summed E-state index contributed by atoms with van der Waals surface area (Å²) in [4.78, 5) is 49.9. The van der Waals surface area contributed by atoms with Crippen LogP contribution >= 0.6 is 0 Å². The average Bonchev–Trinajstić information content (AvgIpc) is 3.02. The first-order valence-electron chi connectivity index (χ1n) is 9.81. The Kier molecular flexibility index (Phi) is 7.95. The number of amides is 1. The number of nitrogens with zero attached hydrogens (tertiary/aromatic N) is 1. The molecule has 1 amide bonds. The molecule has 0 radical (unpaired) electrons. The molecule has 32 heavy (non-hydrogen) atoms. The molecule has 0 aliphatic rings. The molecule has 9 nitrogen and oxygen atoms in total. The van der Waals surface area contributed by atoms with Gasteiger partial charge >= 0.3 is 17.9 Å². The highest BCUT2D eigenvalue weighted by Crippen LogP contribution is 2.26. The van der Waals surface area contributed by atoms with Gasteiger partial charge in [0.05, 0.1) is 43.2 Å². The molecule has 0 saturated carbocycles. The Morgan fingerprint density at radius 2 is 1.72 bits per heavy atom. The first-order valence-corrected chi connectivity index (χ1v) is 9.81. The topological polar surface area (TPSA) is 113 Å². The van der Waals surface area contributed by atoms with E-state index < -0.39 is 23.8 Å². The van der Waals surface area contributed by atoms with Crippen LogP contribution in [0, 0.1) is 13.8 Å². The van der Waals surface area contributed by atoms with E-state index in [2.05, 4.69) is 11.9 Å². The number of esters is 3. The van der Waals surface area contributed by atoms with Crippen molar-refractivity contribution in [2.45, 2.75) is 27.3 Å². The third kappa shape index (κ3) is 4.72. The molecule has 0 unspecified atom stereocenters. The molecule has 0 saturated heterocycles. The lowest BCUT2D eigenvalue weighted by atomic mass is 10.1. The molecule has 170 valence electrons. The standard InChI is InChI=1S/C23H26N2O7/c1-7-11-25-14(4)18(13(3)19(25)23(29)32-8-2)20(26)24-17-12-15(21(27)30-5)9-10-16(17)22(28)31-6/h7,9-10,12H,1,8,11H2,2-6H3,(H,24,26). The third-order valence-electron chi connectivity index (χ3n) is 4.87. The number of rotatable bonds is 8. The van der Waals surface area contributed by atoms with E-state index in [9.17, 15) is 19.2 Å². The van der Waals surface area contributed by atoms with Crippen LogP contribution in [0.15, 0.2) is 30.9 Å². The van der Waals surface area contributed by atoms with Crippen molar-refractivity contribution in [3.8, 4) is 0 Å². The fourth-order valence-corrected chi connectivity index (χ4v) is 3.41. The Labute approximate surface area is 185 Å². The molecular weight excluding hydrogens is 416 g/mol. The number of benzene rings is 1. The van der Waals surface area contributed by atoms with Crippen molar-refractivity contribution in [3.63, 3.8) is 0 Å². The van der Waals surface area contributed by atoms with Crippen LogP contribution < -0.4 is 5.32 Å². The number of ether oxygens (including phenoxy) is 3. The molecule has 9 heteroatoms. The SMILES string of the molecule is C=CCn1c(C)c(C(=O)Nc2cc(C(=O)OC)ccc2C(=O)OC)c(C)c1C(=O)OCC. The molecular formula is C23H26N2O7. The zero-order valence-corrected chi connectivity index (χ0v) is 18.7. The minimum Gasteiger partial charge on any atom is -0.465 e. The van der Waals surface area contributed by atoms with E-state index in [1.54, 1.807) is 31.4 Å². The van der Waals surface area contributed by atoms with E-state index in [0.29, 0.717) is 17.8 Å². The van der Waals surface area contributed by atoms with Crippen LogP contribution in [-0.4, -0.2) is 49.2 Å². The Morgan fingerprint density at radius 1 is 1.06 bits per heavy atom. The summed E-state index contributed by atoms with van der Waals surface area (Å²) < 4.78 is 16.3. The second-order valence-corrected chi connectivity index (χ2v) is 6.75. The predicted molar refractivity (Wildman–Crippen MR) is 117 cm³/mol. The molecule has 0 spiro atoms. The zero-order chi connectivity index (χ0) is 24.0. The maximum absolute atomic E-state index is 13.2. The molecule has 2 rings (SSSR count). The van der Waals surface area contributed by atoms with Crippen LogP contribution in [0.5, 0.6) is 0 Å². The Morgan fingerprint density at radius 3 is 2.28 bits per heavy atom. The van der Waals surface area contributed by atoms with Gasteiger partial charge in [0, 0.05) is 12.2 Å². The average molecular weight is 442 g/mol. The second-order valence-electron chi connectivity index (χ2n) is 6.75. The fraction of sp³-hybridized carbons (Fsp3) is 0.304. The highest BCUT2D eigenvalue weighted by molar-refractivity contribution is 6.11. The zero-order valence-electron chi connectivity index (χ0n) is 18.7. The summed E-state index contributed by atoms with van der Waals surface area (Å²) in [5.74, 6) is -2.45. The minimum absolute atomic E-state index is 0.0555. The van der Waals surface area contributed by atoms with Crippen LogP contribution in [0.3, 0.4) is 0 Å². The van der Waals surface area contributed by atoms with Gasteiger partial charge in [-0.05, 0) is 44.5 Å². The first-order chi connectivity index (χ1) is 15.2. The van der Waals surface area contributed by atoms with Crippen LogP contribution in [0.25, 0.3) is 0 Å². The van der Waals surface area contributed by atoms with E-state index in [4.69, 9.17) is 14.2 Å². The smallest absolute Gasteiger partial charge is 0.355 e. The van der Waals surface area contributed by atoms with Crippen molar-refractivity contribution in [2.75, 3.05) is 26.1 Å². The summed E-state index contributed by atoms with van der Waals surface area (Å²) in [6.45, 7) is 9.20. The molecule has 1 N–H and O–H groups in total. The molecule has 0 aliphatic heterocycles. The van der Waals surface area contributed by atoms with Crippen LogP contribution in [-0.2, 0) is 20.8 Å². The monoisotopic (exact) mass is 442 g/mol. The second kappa shape index (κ2) is 10.4. The van der Waals surface area contributed by atoms with Gasteiger partial charge < -0.3 is 24.1 Å². The number of nitrogens with one attached hydrogen (secondary N) is 1. The van der Waals surface area contributed by atoms with Gasteiger partial charge in [-0.25, -0.2) is 14.4 Å². The number of carbonyl (C=O) groups is 4. The Balaban J connectivity index is 2.58. The summed E-state index contributed by atoms with van der Waals surface area (Å²) in [7, 11) is 2.43. The number of hydrogen-bond donors (Lipinski definition) is 1. The van der Waals surface area contributed by atoms with Gasteiger partial charge in [0.25, 0.3) is 5.91 Å². The molecule has 1 heterocycles. The molecule has 0 fully saturated rings. The number of carbonyl (C=O) groups excluding carboxylic acids is 4. The third-order valence-corrected chi connectivity index (χ3v) is 4.87. The summed E-state index contributed by atoms with van der Waals surface area (Å²) >= 11 is 0. The number of aromatic nitrogens is 1. The van der Waals surface area contributed by atoms with E-state index >= 15 is 0 Å². The summed E-state index contributed by atoms with van der Waals surface area (Å²) in [5, 5.41) is 2.66. The van der Waals surface area contributed by atoms with Crippen molar-refractivity contribution in [1.82, 2.24) is 4.57 Å². The van der Waals surface area contributed by atoms with Gasteiger partial charge in [-0.2, -0.15) is 0 Å². The minimum atomic E-state index is -0.693. The molecule has 0 aliphatic carbocycles. The van der Waals surface area contributed by atoms with Gasteiger partial charge in [0.1, 0.15) is 5.69 Å². The molecule has 0 bridgehead atoms. The quantitative estimate of drug-likeness (QED) is 0.379. The lowest BCUT2D eigenvalue weighted by Crippen LogP contribution is -2.18. The number of allylic oxidation sites excluding steroid dienone is 1. The summed E-state index contributed by atoms with van der Waals surface area (Å²) in [6, 6.07) is 4.08. The lowest BCUT2D eigenvalue weighted by Gasteiger charge is -2.12. The van der Waals surface area contributed by atoms with Crippen LogP contribution in [0.4, 0.5) is 5.69 Å². The fourth-order valence-electron chi connectivity index (χ4n) is 3.41. The van der Waals surface area contributed by atoms with Gasteiger partial charge in [-0.1, -0.05) is 6.08 Å². The van der Waals surface area contributed by atoms with Crippen LogP contribution in [0.2, 0.25) is 0 Å². The van der Waals surface area contributed by atoms with Crippen molar-refractivity contribution in [3.05, 3.63) is 64.5 Å². The molecule has 0 atom stereocenters.